The number of nitrogens with one attached hydrogen (secondary N) is 1. The first kappa shape index (κ1) is 17.5. The molecular formula is C20H22N2O2S. The molecule has 3 rings (SSSR count). The molecule has 0 bridgehead atoms. The first-order chi connectivity index (χ1) is 12.1. The second-order valence-corrected chi connectivity index (χ2v) is 7.05. The molecule has 1 saturated heterocycles. The lowest BCUT2D eigenvalue weighted by atomic mass is 10.1. The van der Waals surface area contributed by atoms with Crippen molar-refractivity contribution in [2.24, 2.45) is 0 Å². The maximum absolute atomic E-state index is 12.5. The van der Waals surface area contributed by atoms with E-state index in [0.29, 0.717) is 12.2 Å². The number of nitrogens with zero attached hydrogens (tertiary/aromatic N) is 1. The van der Waals surface area contributed by atoms with Crippen molar-refractivity contribution in [1.29, 1.82) is 0 Å². The smallest absolute Gasteiger partial charge is 0.238 e. The van der Waals surface area contributed by atoms with E-state index in [2.05, 4.69) is 24.4 Å². The van der Waals surface area contributed by atoms with Gasteiger partial charge in [0.25, 0.3) is 0 Å². The number of amides is 2. The van der Waals surface area contributed by atoms with Gasteiger partial charge >= 0.3 is 0 Å². The highest BCUT2D eigenvalue weighted by Crippen LogP contribution is 2.42. The average Bonchev–Trinajstić information content (AvgIpc) is 3.03. The average molecular weight is 354 g/mol. The van der Waals surface area contributed by atoms with Crippen LogP contribution < -0.4 is 10.2 Å². The van der Waals surface area contributed by atoms with Crippen LogP contribution in [0.2, 0.25) is 0 Å². The number of benzene rings is 2. The van der Waals surface area contributed by atoms with Crippen LogP contribution in [0.25, 0.3) is 0 Å². The predicted molar refractivity (Wildman–Crippen MR) is 104 cm³/mol. The van der Waals surface area contributed by atoms with Gasteiger partial charge in [0.05, 0.1) is 5.75 Å². The van der Waals surface area contributed by atoms with Crippen LogP contribution in [-0.2, 0) is 16.0 Å². The van der Waals surface area contributed by atoms with Crippen molar-refractivity contribution in [3.8, 4) is 0 Å². The van der Waals surface area contributed by atoms with Gasteiger partial charge in [-0.3, -0.25) is 14.5 Å². The van der Waals surface area contributed by atoms with Gasteiger partial charge in [-0.25, -0.2) is 0 Å². The lowest BCUT2D eigenvalue weighted by molar-refractivity contribution is -0.116. The van der Waals surface area contributed by atoms with E-state index in [1.807, 2.05) is 48.2 Å². The molecule has 2 aromatic carbocycles. The topological polar surface area (TPSA) is 49.4 Å². The Hall–Kier alpha value is -2.27. The summed E-state index contributed by atoms with van der Waals surface area (Å²) in [6.45, 7) is 3.93. The van der Waals surface area contributed by atoms with Crippen LogP contribution >= 0.6 is 11.8 Å². The summed E-state index contributed by atoms with van der Waals surface area (Å²) in [6.07, 6.45) is 1.38. The van der Waals surface area contributed by atoms with E-state index in [1.54, 1.807) is 11.8 Å². The number of carbonyl (C=O) groups excluding carboxylic acids is 2. The number of anilines is 2. The van der Waals surface area contributed by atoms with E-state index in [0.717, 1.165) is 23.4 Å². The Morgan fingerprint density at radius 2 is 2.00 bits per heavy atom. The molecule has 0 saturated carbocycles. The molecule has 1 N–H and O–H groups in total. The summed E-state index contributed by atoms with van der Waals surface area (Å²) in [7, 11) is 0. The highest BCUT2D eigenvalue weighted by atomic mass is 32.2. The summed E-state index contributed by atoms with van der Waals surface area (Å²) in [6, 6.07) is 15.9. The van der Waals surface area contributed by atoms with E-state index in [-0.39, 0.29) is 17.2 Å². The molecule has 0 aliphatic carbocycles. The van der Waals surface area contributed by atoms with Crippen LogP contribution in [0.15, 0.2) is 48.5 Å². The molecule has 5 heteroatoms. The maximum Gasteiger partial charge on any atom is 0.238 e. The van der Waals surface area contributed by atoms with Crippen molar-refractivity contribution in [3.63, 3.8) is 0 Å². The van der Waals surface area contributed by atoms with E-state index in [9.17, 15) is 9.59 Å². The van der Waals surface area contributed by atoms with Crippen molar-refractivity contribution in [2.45, 2.75) is 32.1 Å². The zero-order valence-electron chi connectivity index (χ0n) is 14.5. The molecule has 1 aliphatic heterocycles. The second kappa shape index (κ2) is 7.74. The van der Waals surface area contributed by atoms with Gasteiger partial charge in [0, 0.05) is 17.8 Å². The standard InChI is InChI=1S/C20H22N2O2S/c1-3-14-7-5-10-17(11-14)22-19(24)13-25-20(22)15-8-6-9-16(12-15)21-18(23)4-2/h5-12,20H,3-4,13H2,1-2H3,(H,21,23). The molecule has 1 aliphatic rings. The fourth-order valence-electron chi connectivity index (χ4n) is 2.90. The first-order valence-corrected chi connectivity index (χ1v) is 9.59. The summed E-state index contributed by atoms with van der Waals surface area (Å²) in [5, 5.41) is 2.82. The Morgan fingerprint density at radius 1 is 1.20 bits per heavy atom. The van der Waals surface area contributed by atoms with Crippen molar-refractivity contribution < 1.29 is 9.59 Å². The summed E-state index contributed by atoms with van der Waals surface area (Å²) >= 11 is 1.62. The van der Waals surface area contributed by atoms with Crippen LogP contribution in [0.4, 0.5) is 11.4 Å². The summed E-state index contributed by atoms with van der Waals surface area (Å²) in [4.78, 5) is 26.0. The minimum absolute atomic E-state index is 0.0141. The van der Waals surface area contributed by atoms with Gasteiger partial charge in [0.1, 0.15) is 5.37 Å². The Morgan fingerprint density at radius 3 is 2.76 bits per heavy atom. The van der Waals surface area contributed by atoms with Gasteiger partial charge in [0.2, 0.25) is 11.8 Å². The van der Waals surface area contributed by atoms with Gasteiger partial charge in [-0.15, -0.1) is 11.8 Å². The molecule has 2 aromatic rings. The van der Waals surface area contributed by atoms with Gasteiger partial charge in [-0.2, -0.15) is 0 Å². The molecule has 1 atom stereocenters. The third-order valence-electron chi connectivity index (χ3n) is 4.24. The SMILES string of the molecule is CCC(=O)Nc1cccc(C2SCC(=O)N2c2cccc(CC)c2)c1. The van der Waals surface area contributed by atoms with Gasteiger partial charge < -0.3 is 5.32 Å². The lowest BCUT2D eigenvalue weighted by Crippen LogP contribution is -2.28. The number of hydrogen-bond acceptors (Lipinski definition) is 3. The summed E-state index contributed by atoms with van der Waals surface area (Å²) in [5.41, 5.74) is 3.94. The number of carbonyl (C=O) groups is 2. The highest BCUT2D eigenvalue weighted by Gasteiger charge is 2.34. The zero-order chi connectivity index (χ0) is 17.8. The fourth-order valence-corrected chi connectivity index (χ4v) is 4.06. The molecule has 1 fully saturated rings. The molecule has 1 heterocycles. The molecule has 0 spiro atoms. The van der Waals surface area contributed by atoms with E-state index < -0.39 is 0 Å². The minimum atomic E-state index is -0.0712. The van der Waals surface area contributed by atoms with Crippen LogP contribution in [0.5, 0.6) is 0 Å². The Balaban J connectivity index is 1.91. The zero-order valence-corrected chi connectivity index (χ0v) is 15.3. The van der Waals surface area contributed by atoms with Gasteiger partial charge in [-0.05, 0) is 41.8 Å². The minimum Gasteiger partial charge on any atom is -0.326 e. The Kier molecular flexibility index (Phi) is 5.43. The van der Waals surface area contributed by atoms with Crippen molar-refractivity contribution in [3.05, 3.63) is 59.7 Å². The second-order valence-electron chi connectivity index (χ2n) is 5.98. The van der Waals surface area contributed by atoms with E-state index >= 15 is 0 Å². The number of aryl methyl sites for hydroxylation is 1. The molecule has 0 radical (unpaired) electrons. The molecule has 2 amide bonds. The molecule has 1 unspecified atom stereocenters. The number of rotatable bonds is 5. The van der Waals surface area contributed by atoms with Crippen LogP contribution in [0.3, 0.4) is 0 Å². The normalized spacial score (nSPS) is 17.0. The Bertz CT molecular complexity index is 791. The predicted octanol–water partition coefficient (Wildman–Crippen LogP) is 4.38. The van der Waals surface area contributed by atoms with Gasteiger partial charge in [-0.1, -0.05) is 38.1 Å². The summed E-state index contributed by atoms with van der Waals surface area (Å²) < 4.78 is 0. The highest BCUT2D eigenvalue weighted by molar-refractivity contribution is 8.00. The van der Waals surface area contributed by atoms with Gasteiger partial charge in [0.15, 0.2) is 0 Å². The maximum atomic E-state index is 12.5. The lowest BCUT2D eigenvalue weighted by Gasteiger charge is -2.25. The first-order valence-electron chi connectivity index (χ1n) is 8.54. The molecule has 25 heavy (non-hydrogen) atoms. The third-order valence-corrected chi connectivity index (χ3v) is 5.45. The van der Waals surface area contributed by atoms with E-state index in [1.165, 1.54) is 5.56 Å². The molecule has 4 nitrogen and oxygen atoms in total. The van der Waals surface area contributed by atoms with Crippen LogP contribution in [-0.4, -0.2) is 17.6 Å². The number of thioether (sulfide) groups is 1. The fraction of sp³-hybridized carbons (Fsp3) is 0.300. The van der Waals surface area contributed by atoms with Crippen LogP contribution in [0, 0.1) is 0 Å². The van der Waals surface area contributed by atoms with Crippen molar-refractivity contribution in [2.75, 3.05) is 16.0 Å². The largest absolute Gasteiger partial charge is 0.326 e. The van der Waals surface area contributed by atoms with Crippen LogP contribution in [0.1, 0.15) is 36.8 Å². The monoisotopic (exact) mass is 354 g/mol. The van der Waals surface area contributed by atoms with Crippen molar-refractivity contribution in [1.82, 2.24) is 0 Å². The molecule has 0 aromatic heterocycles. The van der Waals surface area contributed by atoms with Crippen molar-refractivity contribution >= 4 is 35.0 Å². The quantitative estimate of drug-likeness (QED) is 0.867. The van der Waals surface area contributed by atoms with E-state index in [4.69, 9.17) is 0 Å². The Labute approximate surface area is 152 Å². The molecular weight excluding hydrogens is 332 g/mol. The summed E-state index contributed by atoms with van der Waals surface area (Å²) in [5.74, 6) is 0.568. The number of hydrogen-bond donors (Lipinski definition) is 1. The molecule has 130 valence electrons. The third kappa shape index (κ3) is 3.87.